The standard InChI is InChI=1S/C9H4F2N2O4/c10-9(11)17-8-2-5(3-12)7(13(15)16)1-6(8)4-14/h1-2,4,9H. The highest BCUT2D eigenvalue weighted by Gasteiger charge is 2.20. The number of benzene rings is 1. The molecule has 0 aliphatic heterocycles. The fraction of sp³-hybridized carbons (Fsp3) is 0.111. The van der Waals surface area contributed by atoms with Crippen molar-refractivity contribution in [2.24, 2.45) is 0 Å². The molecule has 0 N–H and O–H groups in total. The van der Waals surface area contributed by atoms with E-state index in [1.165, 1.54) is 6.07 Å². The van der Waals surface area contributed by atoms with Crippen molar-refractivity contribution in [1.82, 2.24) is 0 Å². The van der Waals surface area contributed by atoms with E-state index in [1.54, 1.807) is 0 Å². The van der Waals surface area contributed by atoms with Crippen LogP contribution in [0.2, 0.25) is 0 Å². The topological polar surface area (TPSA) is 93.2 Å². The van der Waals surface area contributed by atoms with E-state index in [-0.39, 0.29) is 6.29 Å². The molecule has 0 amide bonds. The third-order valence-corrected chi connectivity index (χ3v) is 1.79. The van der Waals surface area contributed by atoms with E-state index in [1.807, 2.05) is 0 Å². The molecule has 1 rings (SSSR count). The summed E-state index contributed by atoms with van der Waals surface area (Å²) in [6.45, 7) is -3.19. The average molecular weight is 242 g/mol. The lowest BCUT2D eigenvalue weighted by atomic mass is 10.1. The second kappa shape index (κ2) is 4.98. The number of carbonyl (C=O) groups excluding carboxylic acids is 1. The van der Waals surface area contributed by atoms with Crippen molar-refractivity contribution in [1.29, 1.82) is 5.26 Å². The van der Waals surface area contributed by atoms with Crippen molar-refractivity contribution >= 4 is 12.0 Å². The Bertz CT molecular complexity index is 510. The zero-order valence-corrected chi connectivity index (χ0v) is 8.09. The van der Waals surface area contributed by atoms with Gasteiger partial charge in [-0.25, -0.2) is 0 Å². The molecule has 17 heavy (non-hydrogen) atoms. The lowest BCUT2D eigenvalue weighted by Gasteiger charge is -2.07. The molecule has 1 aromatic rings. The first kappa shape index (κ1) is 12.5. The molecular formula is C9H4F2N2O4. The minimum absolute atomic E-state index is 0.131. The Hall–Kier alpha value is -2.56. The van der Waals surface area contributed by atoms with Crippen molar-refractivity contribution in [3.63, 3.8) is 0 Å². The molecule has 0 heterocycles. The van der Waals surface area contributed by atoms with E-state index < -0.39 is 34.1 Å². The van der Waals surface area contributed by atoms with Crippen molar-refractivity contribution in [2.45, 2.75) is 6.61 Å². The minimum atomic E-state index is -3.19. The third-order valence-electron chi connectivity index (χ3n) is 1.79. The number of rotatable bonds is 4. The number of ether oxygens (including phenoxy) is 1. The maximum atomic E-state index is 12.0. The van der Waals surface area contributed by atoms with Crippen LogP contribution in [-0.4, -0.2) is 17.8 Å². The molecule has 0 spiro atoms. The summed E-state index contributed by atoms with van der Waals surface area (Å²) in [6.07, 6.45) is 0.131. The SMILES string of the molecule is N#Cc1cc(OC(F)F)c(C=O)cc1[N+](=O)[O-]. The van der Waals surface area contributed by atoms with Gasteiger partial charge in [-0.05, 0) is 0 Å². The highest BCUT2D eigenvalue weighted by molar-refractivity contribution is 5.82. The molecule has 0 saturated heterocycles. The molecule has 1 aromatic carbocycles. The number of hydrogen-bond donors (Lipinski definition) is 0. The van der Waals surface area contributed by atoms with E-state index in [9.17, 15) is 23.7 Å². The van der Waals surface area contributed by atoms with Crippen LogP contribution < -0.4 is 4.74 Å². The quantitative estimate of drug-likeness (QED) is 0.456. The van der Waals surface area contributed by atoms with Crippen molar-refractivity contribution in [3.05, 3.63) is 33.4 Å². The number of halogens is 2. The van der Waals surface area contributed by atoms with Gasteiger partial charge >= 0.3 is 6.61 Å². The molecule has 0 saturated carbocycles. The van der Waals surface area contributed by atoms with Gasteiger partial charge in [0, 0.05) is 12.1 Å². The van der Waals surface area contributed by atoms with Gasteiger partial charge < -0.3 is 4.74 Å². The van der Waals surface area contributed by atoms with E-state index >= 15 is 0 Å². The molecule has 0 unspecified atom stereocenters. The number of aldehydes is 1. The Morgan fingerprint density at radius 2 is 2.18 bits per heavy atom. The number of nitro benzene ring substituents is 1. The molecule has 0 radical (unpaired) electrons. The van der Waals surface area contributed by atoms with Gasteiger partial charge in [0.2, 0.25) is 0 Å². The Morgan fingerprint density at radius 3 is 2.59 bits per heavy atom. The largest absolute Gasteiger partial charge is 0.434 e. The Kier molecular flexibility index (Phi) is 3.66. The lowest BCUT2D eigenvalue weighted by molar-refractivity contribution is -0.385. The highest BCUT2D eigenvalue weighted by Crippen LogP contribution is 2.28. The van der Waals surface area contributed by atoms with Crippen LogP contribution in [0.1, 0.15) is 15.9 Å². The van der Waals surface area contributed by atoms with Gasteiger partial charge in [-0.3, -0.25) is 14.9 Å². The Balaban J connectivity index is 3.39. The first-order valence-corrected chi connectivity index (χ1v) is 4.12. The summed E-state index contributed by atoms with van der Waals surface area (Å²) < 4.78 is 27.9. The van der Waals surface area contributed by atoms with Gasteiger partial charge in [-0.15, -0.1) is 0 Å². The maximum Gasteiger partial charge on any atom is 0.387 e. The van der Waals surface area contributed by atoms with Crippen LogP contribution >= 0.6 is 0 Å². The van der Waals surface area contributed by atoms with Crippen LogP contribution in [0.25, 0.3) is 0 Å². The van der Waals surface area contributed by atoms with Gasteiger partial charge in [0.05, 0.1) is 10.5 Å². The fourth-order valence-electron chi connectivity index (χ4n) is 1.12. The minimum Gasteiger partial charge on any atom is -0.434 e. The van der Waals surface area contributed by atoms with Crippen molar-refractivity contribution in [2.75, 3.05) is 0 Å². The van der Waals surface area contributed by atoms with Crippen LogP contribution in [0.3, 0.4) is 0 Å². The molecular weight excluding hydrogens is 238 g/mol. The molecule has 8 heteroatoms. The smallest absolute Gasteiger partial charge is 0.387 e. The molecule has 6 nitrogen and oxygen atoms in total. The van der Waals surface area contributed by atoms with Gasteiger partial charge in [-0.1, -0.05) is 0 Å². The molecule has 88 valence electrons. The van der Waals surface area contributed by atoms with Gasteiger partial charge in [0.15, 0.2) is 6.29 Å². The lowest BCUT2D eigenvalue weighted by Crippen LogP contribution is -2.05. The first-order chi connectivity index (χ1) is 7.99. The van der Waals surface area contributed by atoms with Gasteiger partial charge in [0.25, 0.3) is 5.69 Å². The second-order valence-electron chi connectivity index (χ2n) is 2.77. The zero-order chi connectivity index (χ0) is 13.0. The molecule has 0 aliphatic rings. The van der Waals surface area contributed by atoms with Crippen molar-refractivity contribution < 1.29 is 23.2 Å². The Labute approximate surface area is 93.2 Å². The number of nitro groups is 1. The van der Waals surface area contributed by atoms with Gasteiger partial charge in [-0.2, -0.15) is 14.0 Å². The van der Waals surface area contributed by atoms with E-state index in [0.717, 1.165) is 6.07 Å². The highest BCUT2D eigenvalue weighted by atomic mass is 19.3. The fourth-order valence-corrected chi connectivity index (χ4v) is 1.12. The summed E-state index contributed by atoms with van der Waals surface area (Å²) >= 11 is 0. The van der Waals surface area contributed by atoms with Crippen LogP contribution in [0.15, 0.2) is 12.1 Å². The second-order valence-corrected chi connectivity index (χ2v) is 2.77. The number of alkyl halides is 2. The predicted octanol–water partition coefficient (Wildman–Crippen LogP) is 1.88. The predicted molar refractivity (Wildman–Crippen MR) is 49.8 cm³/mol. The van der Waals surface area contributed by atoms with Gasteiger partial charge in [0.1, 0.15) is 17.4 Å². The molecule has 0 bridgehead atoms. The number of nitriles is 1. The number of carbonyl (C=O) groups is 1. The van der Waals surface area contributed by atoms with E-state index in [2.05, 4.69) is 4.74 Å². The summed E-state index contributed by atoms with van der Waals surface area (Å²) in [6, 6.07) is 2.90. The zero-order valence-electron chi connectivity index (χ0n) is 8.09. The average Bonchev–Trinajstić information content (AvgIpc) is 2.27. The number of nitrogens with zero attached hydrogens (tertiary/aromatic N) is 2. The summed E-state index contributed by atoms with van der Waals surface area (Å²) in [7, 11) is 0. The van der Waals surface area contributed by atoms with Crippen LogP contribution in [0.4, 0.5) is 14.5 Å². The summed E-state index contributed by atoms with van der Waals surface area (Å²) in [4.78, 5) is 20.2. The molecule has 0 aromatic heterocycles. The third kappa shape index (κ3) is 2.72. The molecule has 0 aliphatic carbocycles. The first-order valence-electron chi connectivity index (χ1n) is 4.12. The summed E-state index contributed by atoms with van der Waals surface area (Å²) in [5, 5.41) is 19.1. The molecule has 0 fully saturated rings. The Morgan fingerprint density at radius 1 is 1.53 bits per heavy atom. The normalized spacial score (nSPS) is 9.76. The summed E-state index contributed by atoms with van der Waals surface area (Å²) in [5.74, 6) is -0.572. The number of hydrogen-bond acceptors (Lipinski definition) is 5. The van der Waals surface area contributed by atoms with Crippen molar-refractivity contribution in [3.8, 4) is 11.8 Å². The van der Waals surface area contributed by atoms with E-state index in [0.29, 0.717) is 6.07 Å². The van der Waals surface area contributed by atoms with Crippen LogP contribution in [0.5, 0.6) is 5.75 Å². The summed E-state index contributed by atoms with van der Waals surface area (Å²) in [5.41, 5.74) is -1.52. The monoisotopic (exact) mass is 242 g/mol. The van der Waals surface area contributed by atoms with E-state index in [4.69, 9.17) is 5.26 Å². The van der Waals surface area contributed by atoms with Crippen LogP contribution in [0, 0.1) is 21.4 Å². The maximum absolute atomic E-state index is 12.0. The molecule has 0 atom stereocenters. The van der Waals surface area contributed by atoms with Crippen LogP contribution in [-0.2, 0) is 0 Å².